The highest BCUT2D eigenvalue weighted by Crippen LogP contribution is 2.22. The molecule has 0 aliphatic carbocycles. The van der Waals surface area contributed by atoms with Crippen molar-refractivity contribution in [1.29, 1.82) is 5.26 Å². The lowest BCUT2D eigenvalue weighted by Crippen LogP contribution is -2.26. The first-order chi connectivity index (χ1) is 11.1. The number of carbonyl (C=O) groups is 1. The molecule has 1 aromatic carbocycles. The van der Waals surface area contributed by atoms with Crippen molar-refractivity contribution in [3.8, 4) is 11.8 Å². The lowest BCUT2D eigenvalue weighted by atomic mass is 10.1. The van der Waals surface area contributed by atoms with Gasteiger partial charge < -0.3 is 14.8 Å². The van der Waals surface area contributed by atoms with Crippen LogP contribution in [0.4, 0.5) is 8.78 Å². The first kappa shape index (κ1) is 18.6. The Morgan fingerprint density at radius 1 is 1.43 bits per heavy atom. The fourth-order valence-electron chi connectivity index (χ4n) is 1.72. The molecule has 0 saturated carbocycles. The molecule has 0 bridgehead atoms. The molecule has 0 fully saturated rings. The van der Waals surface area contributed by atoms with E-state index in [0.29, 0.717) is 26.2 Å². The van der Waals surface area contributed by atoms with Crippen molar-refractivity contribution in [3.63, 3.8) is 0 Å². The second-order valence-electron chi connectivity index (χ2n) is 4.39. The average Bonchev–Trinajstić information content (AvgIpc) is 2.53. The molecule has 0 atom stereocenters. The molecule has 0 radical (unpaired) electrons. The van der Waals surface area contributed by atoms with Crippen LogP contribution in [-0.4, -0.2) is 32.3 Å². The molecule has 1 N–H and O–H groups in total. The summed E-state index contributed by atoms with van der Waals surface area (Å²) in [6, 6.07) is 7.70. The maximum atomic E-state index is 12.3. The second-order valence-corrected chi connectivity index (χ2v) is 4.39. The zero-order valence-corrected chi connectivity index (χ0v) is 12.7. The molecule has 0 unspecified atom stereocenters. The Morgan fingerprint density at radius 2 is 2.17 bits per heavy atom. The number of benzene rings is 1. The molecule has 0 aromatic heterocycles. The van der Waals surface area contributed by atoms with Crippen LogP contribution in [0.2, 0.25) is 0 Å². The predicted octanol–water partition coefficient (Wildman–Crippen LogP) is 2.74. The summed E-state index contributed by atoms with van der Waals surface area (Å²) < 4.78 is 34.2. The van der Waals surface area contributed by atoms with E-state index in [4.69, 9.17) is 10.00 Å². The fourth-order valence-corrected chi connectivity index (χ4v) is 1.72. The smallest absolute Gasteiger partial charge is 0.387 e. The summed E-state index contributed by atoms with van der Waals surface area (Å²) in [5.41, 5.74) is 0.0422. The maximum absolute atomic E-state index is 12.3. The van der Waals surface area contributed by atoms with Crippen molar-refractivity contribution in [2.24, 2.45) is 0 Å². The van der Waals surface area contributed by atoms with Crippen LogP contribution < -0.4 is 10.1 Å². The van der Waals surface area contributed by atoms with E-state index in [9.17, 15) is 13.6 Å². The van der Waals surface area contributed by atoms with E-state index >= 15 is 0 Å². The zero-order chi connectivity index (χ0) is 17.1. The zero-order valence-electron chi connectivity index (χ0n) is 12.7. The van der Waals surface area contributed by atoms with Crippen molar-refractivity contribution in [2.75, 3.05) is 19.8 Å². The quantitative estimate of drug-likeness (QED) is 0.431. The van der Waals surface area contributed by atoms with E-state index in [0.717, 1.165) is 0 Å². The van der Waals surface area contributed by atoms with Gasteiger partial charge in [0.25, 0.3) is 5.91 Å². The van der Waals surface area contributed by atoms with E-state index < -0.39 is 12.5 Å². The monoisotopic (exact) mass is 324 g/mol. The second kappa shape index (κ2) is 10.3. The van der Waals surface area contributed by atoms with Gasteiger partial charge in [-0.3, -0.25) is 4.79 Å². The molecule has 1 aromatic rings. The molecule has 0 saturated heterocycles. The number of hydrogen-bond donors (Lipinski definition) is 1. The minimum absolute atomic E-state index is 0.0978. The van der Waals surface area contributed by atoms with Crippen LogP contribution in [0.3, 0.4) is 0 Å². The third kappa shape index (κ3) is 6.89. The Balaban J connectivity index is 2.75. The summed E-state index contributed by atoms with van der Waals surface area (Å²) in [6.45, 7) is 0.342. The van der Waals surface area contributed by atoms with Gasteiger partial charge in [0.05, 0.1) is 0 Å². The van der Waals surface area contributed by atoms with Gasteiger partial charge in [-0.2, -0.15) is 14.0 Å². The Labute approximate surface area is 133 Å². The third-order valence-corrected chi connectivity index (χ3v) is 2.76. The SMILES string of the molecule is CCOCCCNC(=O)/C(C#N)=C/c1ccccc1OC(F)F. The standard InChI is InChI=1S/C16H18F2N2O3/c1-2-22-9-5-8-20-15(21)13(11-19)10-12-6-3-4-7-14(12)23-16(17)18/h3-4,6-7,10,16H,2,5,8-9H2,1H3,(H,20,21)/b13-10+. The fraction of sp³-hybridized carbons (Fsp3) is 0.375. The predicted molar refractivity (Wildman–Crippen MR) is 80.8 cm³/mol. The Bertz CT molecular complexity index is 583. The van der Waals surface area contributed by atoms with Crippen molar-refractivity contribution in [2.45, 2.75) is 20.0 Å². The molecular weight excluding hydrogens is 306 g/mol. The largest absolute Gasteiger partial charge is 0.434 e. The summed E-state index contributed by atoms with van der Waals surface area (Å²) in [5.74, 6) is -0.671. The number of hydrogen-bond acceptors (Lipinski definition) is 4. The summed E-state index contributed by atoms with van der Waals surface area (Å²) in [4.78, 5) is 11.9. The minimum atomic E-state index is -2.98. The van der Waals surface area contributed by atoms with E-state index in [1.807, 2.05) is 6.92 Å². The van der Waals surface area contributed by atoms with Crippen LogP contribution in [0, 0.1) is 11.3 Å². The molecule has 5 nitrogen and oxygen atoms in total. The Hall–Kier alpha value is -2.46. The molecule has 0 spiro atoms. The van der Waals surface area contributed by atoms with Gasteiger partial charge >= 0.3 is 6.61 Å². The van der Waals surface area contributed by atoms with Gasteiger partial charge in [-0.15, -0.1) is 0 Å². The number of nitrogens with one attached hydrogen (secondary N) is 1. The highest BCUT2D eigenvalue weighted by Gasteiger charge is 2.12. The maximum Gasteiger partial charge on any atom is 0.387 e. The molecule has 0 aliphatic rings. The van der Waals surface area contributed by atoms with Gasteiger partial charge in [-0.25, -0.2) is 0 Å². The molecule has 23 heavy (non-hydrogen) atoms. The lowest BCUT2D eigenvalue weighted by Gasteiger charge is -2.08. The minimum Gasteiger partial charge on any atom is -0.434 e. The highest BCUT2D eigenvalue weighted by molar-refractivity contribution is 6.01. The van der Waals surface area contributed by atoms with E-state index in [1.54, 1.807) is 12.1 Å². The lowest BCUT2D eigenvalue weighted by molar-refractivity contribution is -0.117. The van der Waals surface area contributed by atoms with E-state index in [1.165, 1.54) is 24.3 Å². The van der Waals surface area contributed by atoms with Crippen LogP contribution in [0.1, 0.15) is 18.9 Å². The van der Waals surface area contributed by atoms with Crippen molar-refractivity contribution >= 4 is 12.0 Å². The third-order valence-electron chi connectivity index (χ3n) is 2.76. The van der Waals surface area contributed by atoms with Crippen LogP contribution in [0.15, 0.2) is 29.8 Å². The number of halogens is 2. The number of ether oxygens (including phenoxy) is 2. The number of alkyl halides is 2. The van der Waals surface area contributed by atoms with Crippen molar-refractivity contribution in [3.05, 3.63) is 35.4 Å². The summed E-state index contributed by atoms with van der Waals surface area (Å²) >= 11 is 0. The van der Waals surface area contributed by atoms with Crippen molar-refractivity contribution in [1.82, 2.24) is 5.32 Å². The average molecular weight is 324 g/mol. The van der Waals surface area contributed by atoms with Gasteiger partial charge in [0, 0.05) is 25.3 Å². The number of rotatable bonds is 9. The highest BCUT2D eigenvalue weighted by atomic mass is 19.3. The van der Waals surface area contributed by atoms with Crippen LogP contribution in [-0.2, 0) is 9.53 Å². The summed E-state index contributed by atoms with van der Waals surface area (Å²) in [5, 5.41) is 11.7. The van der Waals surface area contributed by atoms with Crippen LogP contribution >= 0.6 is 0 Å². The summed E-state index contributed by atoms with van der Waals surface area (Å²) in [6.07, 6.45) is 1.83. The molecule has 1 amide bonds. The van der Waals surface area contributed by atoms with Gasteiger partial charge in [-0.05, 0) is 25.5 Å². The Kier molecular flexibility index (Phi) is 8.32. The van der Waals surface area contributed by atoms with Gasteiger partial charge in [-0.1, -0.05) is 18.2 Å². The van der Waals surface area contributed by atoms with E-state index in [2.05, 4.69) is 10.1 Å². The first-order valence-corrected chi connectivity index (χ1v) is 7.10. The van der Waals surface area contributed by atoms with E-state index in [-0.39, 0.29) is 16.9 Å². The molecule has 0 aliphatic heterocycles. The number of para-hydroxylation sites is 1. The van der Waals surface area contributed by atoms with Gasteiger partial charge in [0.2, 0.25) is 0 Å². The molecule has 0 heterocycles. The topological polar surface area (TPSA) is 71.3 Å². The normalized spacial score (nSPS) is 11.2. The van der Waals surface area contributed by atoms with Crippen LogP contribution in [0.25, 0.3) is 6.08 Å². The van der Waals surface area contributed by atoms with Crippen LogP contribution in [0.5, 0.6) is 5.75 Å². The number of amides is 1. The molecular formula is C16H18F2N2O3. The number of nitrogens with zero attached hydrogens (tertiary/aromatic N) is 1. The summed E-state index contributed by atoms with van der Waals surface area (Å²) in [7, 11) is 0. The van der Waals surface area contributed by atoms with Gasteiger partial charge in [0.15, 0.2) is 0 Å². The number of carbonyl (C=O) groups excluding carboxylic acids is 1. The number of nitriles is 1. The van der Waals surface area contributed by atoms with Gasteiger partial charge in [0.1, 0.15) is 17.4 Å². The first-order valence-electron chi connectivity index (χ1n) is 7.10. The molecule has 1 rings (SSSR count). The molecule has 124 valence electrons. The van der Waals surface area contributed by atoms with Crippen molar-refractivity contribution < 1.29 is 23.0 Å². The molecule has 7 heteroatoms. The Morgan fingerprint density at radius 3 is 2.83 bits per heavy atom.